The second-order valence-corrected chi connectivity index (χ2v) is 4.87. The maximum atomic E-state index is 9.23. The van der Waals surface area contributed by atoms with E-state index in [1.165, 1.54) is 10.8 Å². The van der Waals surface area contributed by atoms with Crippen molar-refractivity contribution in [3.63, 3.8) is 0 Å². The van der Waals surface area contributed by atoms with Gasteiger partial charge in [-0.05, 0) is 40.6 Å². The van der Waals surface area contributed by atoms with E-state index in [0.717, 1.165) is 5.56 Å². The Hall–Kier alpha value is -3.18. The Morgan fingerprint density at radius 2 is 1.77 bits per heavy atom. The van der Waals surface area contributed by atoms with E-state index in [-0.39, 0.29) is 0 Å². The molecule has 0 atom stereocenters. The molecule has 3 rings (SSSR count). The van der Waals surface area contributed by atoms with Gasteiger partial charge in [-0.2, -0.15) is 5.26 Å². The monoisotopic (exact) mass is 282 g/mol. The van der Waals surface area contributed by atoms with Crippen molar-refractivity contribution in [3.8, 4) is 6.07 Å². The number of pyridine rings is 1. The third-order valence-electron chi connectivity index (χ3n) is 3.39. The highest BCUT2D eigenvalue weighted by Gasteiger charge is 1.98. The number of nitrogens with zero attached hydrogens (tertiary/aromatic N) is 2. The summed E-state index contributed by atoms with van der Waals surface area (Å²) in [4.78, 5) is 4.19. The molecule has 0 aliphatic rings. The summed E-state index contributed by atoms with van der Waals surface area (Å²) < 4.78 is 0. The minimum atomic E-state index is 0.553. The molecule has 0 amide bonds. The number of allylic oxidation sites excluding steroid dienone is 3. The fourth-order valence-electron chi connectivity index (χ4n) is 2.27. The van der Waals surface area contributed by atoms with Gasteiger partial charge in [0.2, 0.25) is 0 Å². The smallest absolute Gasteiger partial charge is 0.101 e. The SMILES string of the molecule is N#CC(=CC=Cc1ccc2ccccc2c1)c1ccccn1. The van der Waals surface area contributed by atoms with Crippen LogP contribution in [0, 0.1) is 11.3 Å². The molecule has 0 bridgehead atoms. The van der Waals surface area contributed by atoms with E-state index in [1.807, 2.05) is 42.5 Å². The third-order valence-corrected chi connectivity index (χ3v) is 3.39. The summed E-state index contributed by atoms with van der Waals surface area (Å²) in [5, 5.41) is 11.7. The lowest BCUT2D eigenvalue weighted by molar-refractivity contribution is 1.28. The first-order chi connectivity index (χ1) is 10.9. The zero-order valence-corrected chi connectivity index (χ0v) is 12.0. The summed E-state index contributed by atoms with van der Waals surface area (Å²) in [6, 6.07) is 22.3. The standard InChI is InChI=1S/C20H14N2/c21-15-19(20-10-3-4-13-22-20)9-5-6-16-11-12-17-7-1-2-8-18(17)14-16/h1-14H. The lowest BCUT2D eigenvalue weighted by atomic mass is 10.1. The molecule has 2 heteroatoms. The van der Waals surface area contributed by atoms with Gasteiger partial charge in [-0.25, -0.2) is 0 Å². The Bertz CT molecular complexity index is 884. The van der Waals surface area contributed by atoms with Crippen LogP contribution in [-0.4, -0.2) is 4.98 Å². The Morgan fingerprint density at radius 3 is 2.55 bits per heavy atom. The normalized spacial score (nSPS) is 11.7. The van der Waals surface area contributed by atoms with Crippen LogP contribution >= 0.6 is 0 Å². The van der Waals surface area contributed by atoms with Crippen LogP contribution < -0.4 is 0 Å². The molecule has 2 nitrogen and oxygen atoms in total. The summed E-state index contributed by atoms with van der Waals surface area (Å²) in [6.07, 6.45) is 7.36. The minimum absolute atomic E-state index is 0.553. The third kappa shape index (κ3) is 3.11. The number of hydrogen-bond donors (Lipinski definition) is 0. The fraction of sp³-hybridized carbons (Fsp3) is 0. The maximum Gasteiger partial charge on any atom is 0.101 e. The molecule has 2 aromatic carbocycles. The van der Waals surface area contributed by atoms with E-state index in [1.54, 1.807) is 12.3 Å². The molecule has 0 aliphatic carbocycles. The van der Waals surface area contributed by atoms with Gasteiger partial charge in [0.1, 0.15) is 6.07 Å². The molecular weight excluding hydrogens is 268 g/mol. The van der Waals surface area contributed by atoms with Crippen molar-refractivity contribution in [1.29, 1.82) is 5.26 Å². The van der Waals surface area contributed by atoms with Crippen LogP contribution in [0.15, 0.2) is 79.0 Å². The van der Waals surface area contributed by atoms with Crippen LogP contribution in [0.4, 0.5) is 0 Å². The van der Waals surface area contributed by atoms with Crippen molar-refractivity contribution in [1.82, 2.24) is 4.98 Å². The maximum absolute atomic E-state index is 9.23. The Morgan fingerprint density at radius 1 is 0.955 bits per heavy atom. The highest BCUT2D eigenvalue weighted by Crippen LogP contribution is 2.17. The summed E-state index contributed by atoms with van der Waals surface area (Å²) in [5.74, 6) is 0. The molecule has 3 aromatic rings. The van der Waals surface area contributed by atoms with E-state index in [4.69, 9.17) is 0 Å². The molecule has 1 aromatic heterocycles. The first kappa shape index (κ1) is 13.8. The number of benzene rings is 2. The van der Waals surface area contributed by atoms with E-state index >= 15 is 0 Å². The molecule has 22 heavy (non-hydrogen) atoms. The van der Waals surface area contributed by atoms with Crippen molar-refractivity contribution in [2.75, 3.05) is 0 Å². The van der Waals surface area contributed by atoms with Crippen LogP contribution in [0.25, 0.3) is 22.4 Å². The van der Waals surface area contributed by atoms with Gasteiger partial charge < -0.3 is 0 Å². The van der Waals surface area contributed by atoms with Crippen LogP contribution in [0.2, 0.25) is 0 Å². The van der Waals surface area contributed by atoms with Crippen LogP contribution in [0.5, 0.6) is 0 Å². The number of fused-ring (bicyclic) bond motifs is 1. The van der Waals surface area contributed by atoms with Crippen LogP contribution in [0.1, 0.15) is 11.3 Å². The zero-order chi connectivity index (χ0) is 15.2. The van der Waals surface area contributed by atoms with E-state index < -0.39 is 0 Å². The lowest BCUT2D eigenvalue weighted by Gasteiger charge is -1.99. The van der Waals surface area contributed by atoms with Gasteiger partial charge in [0.15, 0.2) is 0 Å². The van der Waals surface area contributed by atoms with Crippen LogP contribution in [0.3, 0.4) is 0 Å². The Balaban J connectivity index is 1.86. The molecule has 0 radical (unpaired) electrons. The minimum Gasteiger partial charge on any atom is -0.256 e. The van der Waals surface area contributed by atoms with Gasteiger partial charge in [-0.15, -0.1) is 0 Å². The Labute approximate surface area is 129 Å². The molecule has 1 heterocycles. The summed E-state index contributed by atoms with van der Waals surface area (Å²) in [7, 11) is 0. The number of nitriles is 1. The molecule has 0 spiro atoms. The molecule has 0 unspecified atom stereocenters. The van der Waals surface area contributed by atoms with E-state index in [9.17, 15) is 5.26 Å². The highest BCUT2D eigenvalue weighted by atomic mass is 14.7. The van der Waals surface area contributed by atoms with Gasteiger partial charge in [0.05, 0.1) is 11.3 Å². The Kier molecular flexibility index (Phi) is 4.08. The van der Waals surface area contributed by atoms with Crippen molar-refractivity contribution in [3.05, 3.63) is 90.3 Å². The van der Waals surface area contributed by atoms with Crippen molar-refractivity contribution in [2.24, 2.45) is 0 Å². The summed E-state index contributed by atoms with van der Waals surface area (Å²) in [5.41, 5.74) is 2.35. The predicted molar refractivity (Wildman–Crippen MR) is 90.8 cm³/mol. The molecule has 104 valence electrons. The molecule has 0 N–H and O–H groups in total. The first-order valence-electron chi connectivity index (χ1n) is 7.05. The largest absolute Gasteiger partial charge is 0.256 e. The molecule has 0 saturated carbocycles. The molecular formula is C20H14N2. The second kappa shape index (κ2) is 6.51. The van der Waals surface area contributed by atoms with Crippen LogP contribution in [-0.2, 0) is 0 Å². The van der Waals surface area contributed by atoms with Gasteiger partial charge >= 0.3 is 0 Å². The number of aromatic nitrogens is 1. The number of hydrogen-bond acceptors (Lipinski definition) is 2. The van der Waals surface area contributed by atoms with Gasteiger partial charge in [0.25, 0.3) is 0 Å². The molecule has 0 aliphatic heterocycles. The predicted octanol–water partition coefficient (Wildman–Crippen LogP) is 4.86. The molecule has 0 saturated heterocycles. The summed E-state index contributed by atoms with van der Waals surface area (Å²) in [6.45, 7) is 0. The van der Waals surface area contributed by atoms with Crippen molar-refractivity contribution < 1.29 is 0 Å². The second-order valence-electron chi connectivity index (χ2n) is 4.87. The van der Waals surface area contributed by atoms with Crippen molar-refractivity contribution in [2.45, 2.75) is 0 Å². The van der Waals surface area contributed by atoms with Gasteiger partial charge in [-0.1, -0.05) is 54.6 Å². The lowest BCUT2D eigenvalue weighted by Crippen LogP contribution is -1.84. The summed E-state index contributed by atoms with van der Waals surface area (Å²) >= 11 is 0. The van der Waals surface area contributed by atoms with Crippen molar-refractivity contribution >= 4 is 22.4 Å². The first-order valence-corrected chi connectivity index (χ1v) is 7.05. The molecule has 0 fully saturated rings. The van der Waals surface area contributed by atoms with E-state index in [0.29, 0.717) is 11.3 Å². The highest BCUT2D eigenvalue weighted by molar-refractivity contribution is 5.85. The van der Waals surface area contributed by atoms with Gasteiger partial charge in [0, 0.05) is 6.20 Å². The fourth-order valence-corrected chi connectivity index (χ4v) is 2.27. The average Bonchev–Trinajstić information content (AvgIpc) is 2.59. The quantitative estimate of drug-likeness (QED) is 0.508. The number of rotatable bonds is 3. The van der Waals surface area contributed by atoms with Gasteiger partial charge in [-0.3, -0.25) is 4.98 Å². The zero-order valence-electron chi connectivity index (χ0n) is 12.0. The van der Waals surface area contributed by atoms with E-state index in [2.05, 4.69) is 41.4 Å². The topological polar surface area (TPSA) is 36.7 Å². The average molecular weight is 282 g/mol.